The Morgan fingerprint density at radius 3 is 2.00 bits per heavy atom. The van der Waals surface area contributed by atoms with Gasteiger partial charge in [0.25, 0.3) is 0 Å². The number of alkyl halides is 1. The van der Waals surface area contributed by atoms with Crippen molar-refractivity contribution in [3.8, 4) is 0 Å². The van der Waals surface area contributed by atoms with Gasteiger partial charge in [0.2, 0.25) is 0 Å². The van der Waals surface area contributed by atoms with Crippen molar-refractivity contribution in [3.63, 3.8) is 0 Å². The Balaban J connectivity index is 2.46. The molecule has 3 heteroatoms. The van der Waals surface area contributed by atoms with Gasteiger partial charge >= 0.3 is 0 Å². The van der Waals surface area contributed by atoms with Gasteiger partial charge in [-0.2, -0.15) is 0 Å². The first-order chi connectivity index (χ1) is 8.49. The smallest absolute Gasteiger partial charge is 0.123 e. The molecule has 0 radical (unpaired) electrons. The highest BCUT2D eigenvalue weighted by Gasteiger charge is 2.16. The third-order valence-corrected chi connectivity index (χ3v) is 3.70. The molecule has 18 heavy (non-hydrogen) atoms. The number of hydrogen-bond acceptors (Lipinski definition) is 0. The Kier molecular flexibility index (Phi) is 3.94. The van der Waals surface area contributed by atoms with Crippen molar-refractivity contribution in [2.24, 2.45) is 0 Å². The van der Waals surface area contributed by atoms with E-state index < -0.39 is 0 Å². The topological polar surface area (TPSA) is 0 Å². The van der Waals surface area contributed by atoms with Crippen LogP contribution in [0.4, 0.5) is 4.39 Å². The fraction of sp³-hybridized carbons (Fsp3) is 0.200. The van der Waals surface area contributed by atoms with Gasteiger partial charge < -0.3 is 0 Å². The molecule has 0 bridgehead atoms. The van der Waals surface area contributed by atoms with Crippen molar-refractivity contribution in [2.75, 3.05) is 0 Å². The summed E-state index contributed by atoms with van der Waals surface area (Å²) in [4.78, 5) is 0. The standard InChI is InChI=1S/C15H13Cl2F/c1-9-7-13(18)8-10(2)14(9)15(17)11-3-5-12(16)6-4-11/h3-8,15H,1-2H3. The summed E-state index contributed by atoms with van der Waals surface area (Å²) >= 11 is 12.3. The van der Waals surface area contributed by atoms with E-state index in [1.807, 2.05) is 26.0 Å². The molecule has 0 nitrogen and oxygen atoms in total. The number of rotatable bonds is 2. The van der Waals surface area contributed by atoms with E-state index in [0.717, 1.165) is 22.3 Å². The van der Waals surface area contributed by atoms with Gasteiger partial charge in [-0.1, -0.05) is 23.7 Å². The number of benzene rings is 2. The van der Waals surface area contributed by atoms with Gasteiger partial charge in [0.1, 0.15) is 5.82 Å². The normalized spacial score (nSPS) is 12.5. The molecule has 94 valence electrons. The summed E-state index contributed by atoms with van der Waals surface area (Å²) in [7, 11) is 0. The average molecular weight is 283 g/mol. The lowest BCUT2D eigenvalue weighted by molar-refractivity contribution is 0.624. The zero-order valence-corrected chi connectivity index (χ0v) is 11.7. The van der Waals surface area contributed by atoms with Gasteiger partial charge in [-0.05, 0) is 60.4 Å². The van der Waals surface area contributed by atoms with Gasteiger partial charge in [0.05, 0.1) is 5.38 Å². The van der Waals surface area contributed by atoms with E-state index in [1.165, 1.54) is 12.1 Å². The minimum Gasteiger partial charge on any atom is -0.207 e. The molecule has 0 spiro atoms. The molecule has 0 saturated heterocycles. The van der Waals surface area contributed by atoms with Crippen molar-refractivity contribution >= 4 is 23.2 Å². The maximum Gasteiger partial charge on any atom is 0.123 e. The maximum atomic E-state index is 13.3. The highest BCUT2D eigenvalue weighted by molar-refractivity contribution is 6.30. The molecular weight excluding hydrogens is 270 g/mol. The van der Waals surface area contributed by atoms with Crippen molar-refractivity contribution in [3.05, 3.63) is 69.5 Å². The van der Waals surface area contributed by atoms with E-state index in [4.69, 9.17) is 23.2 Å². The van der Waals surface area contributed by atoms with Gasteiger partial charge in [-0.25, -0.2) is 4.39 Å². The molecule has 0 aliphatic heterocycles. The first-order valence-electron chi connectivity index (χ1n) is 5.65. The molecule has 0 amide bonds. The lowest BCUT2D eigenvalue weighted by Gasteiger charge is -2.16. The zero-order valence-electron chi connectivity index (χ0n) is 10.2. The average Bonchev–Trinajstić information content (AvgIpc) is 2.28. The molecule has 2 aromatic rings. The van der Waals surface area contributed by atoms with Crippen LogP contribution in [-0.2, 0) is 0 Å². The van der Waals surface area contributed by atoms with Crippen LogP contribution in [0.2, 0.25) is 5.02 Å². The number of halogens is 3. The first-order valence-corrected chi connectivity index (χ1v) is 6.46. The summed E-state index contributed by atoms with van der Waals surface area (Å²) < 4.78 is 13.3. The molecule has 1 atom stereocenters. The third kappa shape index (κ3) is 2.68. The van der Waals surface area contributed by atoms with E-state index in [0.29, 0.717) is 5.02 Å². The minimum atomic E-state index is -0.289. The lowest BCUT2D eigenvalue weighted by Crippen LogP contribution is -2.00. The summed E-state index contributed by atoms with van der Waals surface area (Å²) in [5.74, 6) is -0.228. The fourth-order valence-corrected chi connectivity index (χ4v) is 2.74. The highest BCUT2D eigenvalue weighted by atomic mass is 35.5. The zero-order chi connectivity index (χ0) is 13.3. The van der Waals surface area contributed by atoms with Gasteiger partial charge in [0.15, 0.2) is 0 Å². The Hall–Kier alpha value is -1.05. The molecule has 0 aliphatic rings. The second-order valence-electron chi connectivity index (χ2n) is 4.37. The van der Waals surface area contributed by atoms with Crippen LogP contribution in [0.3, 0.4) is 0 Å². The van der Waals surface area contributed by atoms with E-state index >= 15 is 0 Å². The predicted octanol–water partition coefficient (Wildman–Crippen LogP) is 5.42. The molecule has 0 saturated carbocycles. The van der Waals surface area contributed by atoms with Crippen LogP contribution in [0.5, 0.6) is 0 Å². The Morgan fingerprint density at radius 1 is 1.00 bits per heavy atom. The monoisotopic (exact) mass is 282 g/mol. The van der Waals surface area contributed by atoms with Gasteiger partial charge in [0, 0.05) is 5.02 Å². The fourth-order valence-electron chi connectivity index (χ4n) is 2.12. The molecule has 0 fully saturated rings. The SMILES string of the molecule is Cc1cc(F)cc(C)c1C(Cl)c1ccc(Cl)cc1. The number of aryl methyl sites for hydroxylation is 2. The van der Waals surface area contributed by atoms with Crippen LogP contribution in [0, 0.1) is 19.7 Å². The summed E-state index contributed by atoms with van der Waals surface area (Å²) in [6.45, 7) is 3.74. The van der Waals surface area contributed by atoms with E-state index in [9.17, 15) is 4.39 Å². The molecule has 0 aromatic heterocycles. The van der Waals surface area contributed by atoms with Gasteiger partial charge in [-0.15, -0.1) is 11.6 Å². The van der Waals surface area contributed by atoms with Crippen molar-refractivity contribution in [1.82, 2.24) is 0 Å². The predicted molar refractivity (Wildman–Crippen MR) is 75.0 cm³/mol. The quantitative estimate of drug-likeness (QED) is 0.645. The van der Waals surface area contributed by atoms with Crippen LogP contribution >= 0.6 is 23.2 Å². The van der Waals surface area contributed by atoms with Crippen molar-refractivity contribution in [2.45, 2.75) is 19.2 Å². The Labute approximate surface area is 116 Å². The van der Waals surface area contributed by atoms with Crippen molar-refractivity contribution < 1.29 is 4.39 Å². The van der Waals surface area contributed by atoms with Crippen LogP contribution < -0.4 is 0 Å². The van der Waals surface area contributed by atoms with Gasteiger partial charge in [-0.3, -0.25) is 0 Å². The van der Waals surface area contributed by atoms with E-state index in [-0.39, 0.29) is 11.2 Å². The molecule has 1 unspecified atom stereocenters. The van der Waals surface area contributed by atoms with E-state index in [1.54, 1.807) is 12.1 Å². The molecular formula is C15H13Cl2F. The van der Waals surface area contributed by atoms with Crippen LogP contribution in [0.15, 0.2) is 36.4 Å². The van der Waals surface area contributed by atoms with Crippen molar-refractivity contribution in [1.29, 1.82) is 0 Å². The van der Waals surface area contributed by atoms with Crippen LogP contribution in [0.25, 0.3) is 0 Å². The molecule has 0 N–H and O–H groups in total. The lowest BCUT2D eigenvalue weighted by atomic mass is 9.95. The third-order valence-electron chi connectivity index (χ3n) is 2.97. The molecule has 0 heterocycles. The second-order valence-corrected chi connectivity index (χ2v) is 5.24. The molecule has 0 aliphatic carbocycles. The van der Waals surface area contributed by atoms with Crippen LogP contribution in [-0.4, -0.2) is 0 Å². The number of hydrogen-bond donors (Lipinski definition) is 0. The summed E-state index contributed by atoms with van der Waals surface area (Å²) in [6, 6.07) is 10.4. The summed E-state index contributed by atoms with van der Waals surface area (Å²) in [5.41, 5.74) is 3.64. The van der Waals surface area contributed by atoms with E-state index in [2.05, 4.69) is 0 Å². The second kappa shape index (κ2) is 5.29. The summed E-state index contributed by atoms with van der Waals surface area (Å²) in [6.07, 6.45) is 0. The largest absolute Gasteiger partial charge is 0.207 e. The summed E-state index contributed by atoms with van der Waals surface area (Å²) in [5, 5.41) is 0.387. The Bertz CT molecular complexity index is 538. The minimum absolute atomic E-state index is 0.228. The maximum absolute atomic E-state index is 13.3. The molecule has 2 aromatic carbocycles. The molecule has 2 rings (SSSR count). The first kappa shape index (κ1) is 13.4. The van der Waals surface area contributed by atoms with Crippen LogP contribution in [0.1, 0.15) is 27.6 Å². The Morgan fingerprint density at radius 2 is 1.50 bits per heavy atom. The highest BCUT2D eigenvalue weighted by Crippen LogP contribution is 2.34.